The van der Waals surface area contributed by atoms with E-state index in [1.165, 1.54) is 10.9 Å². The van der Waals surface area contributed by atoms with Gasteiger partial charge < -0.3 is 14.1 Å². The lowest BCUT2D eigenvalue weighted by Crippen LogP contribution is -2.41. The average molecular weight is 373 g/mol. The highest BCUT2D eigenvalue weighted by Crippen LogP contribution is 2.26. The van der Waals surface area contributed by atoms with E-state index in [9.17, 15) is 14.4 Å². The third-order valence-corrected chi connectivity index (χ3v) is 4.80. The minimum absolute atomic E-state index is 0.155. The largest absolute Gasteiger partial charge is 0.466 e. The normalized spacial score (nSPS) is 15.1. The van der Waals surface area contributed by atoms with Crippen LogP contribution in [0.25, 0.3) is 11.1 Å². The molecule has 8 nitrogen and oxygen atoms in total. The summed E-state index contributed by atoms with van der Waals surface area (Å²) in [7, 11) is 0. The number of amides is 1. The fourth-order valence-electron chi connectivity index (χ4n) is 3.40. The minimum Gasteiger partial charge on any atom is -0.466 e. The molecule has 8 heteroatoms. The van der Waals surface area contributed by atoms with Gasteiger partial charge in [-0.05, 0) is 26.7 Å². The third kappa shape index (κ3) is 3.51. The maximum Gasteiger partial charge on any atom is 0.309 e. The SMILES string of the molecule is C=CCn1cnc2oc(C)c(C(=O)N3CCC(C(=O)OCC)CC3)c2c1=O. The summed E-state index contributed by atoms with van der Waals surface area (Å²) in [5.74, 6) is -0.319. The molecule has 0 bridgehead atoms. The number of esters is 1. The third-order valence-electron chi connectivity index (χ3n) is 4.80. The molecular weight excluding hydrogens is 350 g/mol. The van der Waals surface area contributed by atoms with Crippen molar-refractivity contribution in [3.8, 4) is 0 Å². The van der Waals surface area contributed by atoms with Gasteiger partial charge >= 0.3 is 5.97 Å². The standard InChI is InChI=1S/C19H23N3O5/c1-4-8-22-11-20-16-15(18(22)24)14(12(3)27-16)17(23)21-9-6-13(7-10-21)19(25)26-5-2/h4,11,13H,1,5-10H2,2-3H3. The van der Waals surface area contributed by atoms with Crippen LogP contribution >= 0.6 is 0 Å². The number of ether oxygens (including phenoxy) is 1. The van der Waals surface area contributed by atoms with Gasteiger partial charge in [-0.1, -0.05) is 6.08 Å². The molecule has 3 rings (SSSR count). The second kappa shape index (κ2) is 7.77. The molecule has 1 amide bonds. The first-order chi connectivity index (χ1) is 13.0. The van der Waals surface area contributed by atoms with Crippen LogP contribution in [0, 0.1) is 12.8 Å². The van der Waals surface area contributed by atoms with Crippen LogP contribution in [0.15, 0.2) is 28.2 Å². The van der Waals surface area contributed by atoms with Crippen LogP contribution in [0.4, 0.5) is 0 Å². The van der Waals surface area contributed by atoms with Crippen molar-refractivity contribution in [3.05, 3.63) is 40.7 Å². The van der Waals surface area contributed by atoms with Crippen LogP contribution in [0.3, 0.4) is 0 Å². The number of allylic oxidation sites excluding steroid dienone is 1. The van der Waals surface area contributed by atoms with Crippen LogP contribution in [0.1, 0.15) is 35.9 Å². The van der Waals surface area contributed by atoms with E-state index >= 15 is 0 Å². The summed E-state index contributed by atoms with van der Waals surface area (Å²) in [6.45, 7) is 8.55. The first-order valence-corrected chi connectivity index (χ1v) is 9.03. The van der Waals surface area contributed by atoms with E-state index in [-0.39, 0.29) is 40.0 Å². The van der Waals surface area contributed by atoms with Crippen molar-refractivity contribution < 1.29 is 18.7 Å². The summed E-state index contributed by atoms with van der Waals surface area (Å²) in [6, 6.07) is 0. The van der Waals surface area contributed by atoms with Crippen molar-refractivity contribution in [2.45, 2.75) is 33.2 Å². The summed E-state index contributed by atoms with van der Waals surface area (Å²) in [5.41, 5.74) is 0.0691. The van der Waals surface area contributed by atoms with Crippen LogP contribution in [0.2, 0.25) is 0 Å². The van der Waals surface area contributed by atoms with Crippen molar-refractivity contribution in [1.82, 2.24) is 14.5 Å². The lowest BCUT2D eigenvalue weighted by molar-refractivity contribution is -0.149. The topological polar surface area (TPSA) is 94.6 Å². The van der Waals surface area contributed by atoms with Gasteiger partial charge in [-0.25, -0.2) is 4.98 Å². The van der Waals surface area contributed by atoms with Gasteiger partial charge in [0.1, 0.15) is 17.5 Å². The Labute approximate surface area is 156 Å². The van der Waals surface area contributed by atoms with E-state index in [1.807, 2.05) is 0 Å². The summed E-state index contributed by atoms with van der Waals surface area (Å²) in [4.78, 5) is 43.5. The monoisotopic (exact) mass is 373 g/mol. The number of aromatic nitrogens is 2. The van der Waals surface area contributed by atoms with Gasteiger partial charge in [-0.15, -0.1) is 6.58 Å². The molecule has 27 heavy (non-hydrogen) atoms. The van der Waals surface area contributed by atoms with Crippen LogP contribution in [0.5, 0.6) is 0 Å². The predicted octanol–water partition coefficient (Wildman–Crippen LogP) is 1.90. The van der Waals surface area contributed by atoms with Gasteiger partial charge in [0.05, 0.1) is 18.1 Å². The maximum absolute atomic E-state index is 13.1. The Hall–Kier alpha value is -2.90. The Bertz CT molecular complexity index is 935. The van der Waals surface area contributed by atoms with Crippen LogP contribution in [-0.2, 0) is 16.1 Å². The molecule has 2 aromatic heterocycles. The molecule has 1 fully saturated rings. The number of hydrogen-bond acceptors (Lipinski definition) is 6. The Morgan fingerprint density at radius 1 is 1.41 bits per heavy atom. The zero-order valence-electron chi connectivity index (χ0n) is 15.6. The quantitative estimate of drug-likeness (QED) is 0.587. The molecule has 0 spiro atoms. The first-order valence-electron chi connectivity index (χ1n) is 9.03. The second-order valence-corrected chi connectivity index (χ2v) is 6.52. The van der Waals surface area contributed by atoms with Gasteiger partial charge in [0.15, 0.2) is 0 Å². The lowest BCUT2D eigenvalue weighted by Gasteiger charge is -2.30. The summed E-state index contributed by atoms with van der Waals surface area (Å²) < 4.78 is 12.0. The number of carbonyl (C=O) groups excluding carboxylic acids is 2. The molecule has 0 aromatic carbocycles. The second-order valence-electron chi connectivity index (χ2n) is 6.52. The van der Waals surface area contributed by atoms with E-state index in [2.05, 4.69) is 11.6 Å². The highest BCUT2D eigenvalue weighted by Gasteiger charge is 2.32. The van der Waals surface area contributed by atoms with E-state index in [4.69, 9.17) is 9.15 Å². The fourth-order valence-corrected chi connectivity index (χ4v) is 3.40. The molecule has 1 aliphatic heterocycles. The summed E-state index contributed by atoms with van der Waals surface area (Å²) >= 11 is 0. The van der Waals surface area contributed by atoms with Gasteiger partial charge in [0.25, 0.3) is 11.5 Å². The Balaban J connectivity index is 1.87. The first kappa shape index (κ1) is 18.9. The van der Waals surface area contributed by atoms with Crippen molar-refractivity contribution in [1.29, 1.82) is 0 Å². The fraction of sp³-hybridized carbons (Fsp3) is 0.474. The van der Waals surface area contributed by atoms with Crippen LogP contribution in [-0.4, -0.2) is 46.0 Å². The summed E-state index contributed by atoms with van der Waals surface area (Å²) in [5, 5.41) is 0.189. The Morgan fingerprint density at radius 2 is 2.11 bits per heavy atom. The van der Waals surface area contributed by atoms with Crippen molar-refractivity contribution in [2.75, 3.05) is 19.7 Å². The number of likely N-dealkylation sites (tertiary alicyclic amines) is 1. The van der Waals surface area contributed by atoms with E-state index in [0.29, 0.717) is 44.8 Å². The molecule has 2 aromatic rings. The number of piperidine rings is 1. The number of aryl methyl sites for hydroxylation is 1. The van der Waals surface area contributed by atoms with E-state index in [1.54, 1.807) is 24.8 Å². The number of rotatable bonds is 5. The molecule has 0 unspecified atom stereocenters. The molecule has 1 saturated heterocycles. The average Bonchev–Trinajstić information content (AvgIpc) is 3.00. The van der Waals surface area contributed by atoms with Crippen LogP contribution < -0.4 is 5.56 Å². The van der Waals surface area contributed by atoms with Gasteiger partial charge in [-0.3, -0.25) is 19.0 Å². The van der Waals surface area contributed by atoms with Gasteiger partial charge in [-0.2, -0.15) is 0 Å². The molecule has 0 aliphatic carbocycles. The van der Waals surface area contributed by atoms with Crippen molar-refractivity contribution in [3.63, 3.8) is 0 Å². The number of carbonyl (C=O) groups is 2. The maximum atomic E-state index is 13.1. The van der Waals surface area contributed by atoms with Gasteiger partial charge in [0.2, 0.25) is 5.71 Å². The molecule has 144 valence electrons. The number of hydrogen-bond donors (Lipinski definition) is 0. The molecule has 0 N–H and O–H groups in total. The van der Waals surface area contributed by atoms with E-state index in [0.717, 1.165) is 0 Å². The highest BCUT2D eigenvalue weighted by molar-refractivity contribution is 6.06. The molecule has 0 saturated carbocycles. The minimum atomic E-state index is -0.332. The van der Waals surface area contributed by atoms with E-state index < -0.39 is 0 Å². The van der Waals surface area contributed by atoms with Crippen molar-refractivity contribution >= 4 is 23.0 Å². The number of furan rings is 1. The molecule has 3 heterocycles. The molecule has 0 radical (unpaired) electrons. The lowest BCUT2D eigenvalue weighted by atomic mass is 9.96. The molecule has 1 aliphatic rings. The Kier molecular flexibility index (Phi) is 5.43. The van der Waals surface area contributed by atoms with Gasteiger partial charge in [0, 0.05) is 19.6 Å². The summed E-state index contributed by atoms with van der Waals surface area (Å²) in [6.07, 6.45) is 4.05. The van der Waals surface area contributed by atoms with Crippen molar-refractivity contribution in [2.24, 2.45) is 5.92 Å². The molecular formula is C19H23N3O5. The zero-order chi connectivity index (χ0) is 19.6. The highest BCUT2D eigenvalue weighted by atomic mass is 16.5. The Morgan fingerprint density at radius 3 is 2.74 bits per heavy atom. The number of nitrogens with zero attached hydrogens (tertiary/aromatic N) is 3. The zero-order valence-corrected chi connectivity index (χ0v) is 15.6. The predicted molar refractivity (Wildman–Crippen MR) is 98.5 cm³/mol. The smallest absolute Gasteiger partial charge is 0.309 e. The molecule has 0 atom stereocenters. The number of fused-ring (bicyclic) bond motifs is 1.